The van der Waals surface area contributed by atoms with Crippen molar-refractivity contribution < 1.29 is 19.4 Å². The standard InChI is InChI=1S/C38H41N7O4/c1-38(2,3)49-37(48)40-14-13-24-19-45(21-25-20-44(4)22-41-25)33-15-23(9-11-27(24)33)17-39-18-32-34(29-7-5-6-8-31(29)42-32)35-30-16-26(46)10-12-28(30)36(47)43-35/h5-12,15-16,19-20,22,35,39,42,46H,13-14,17-18,21H2,1-4H3,(H,40,48)(H,43,47)/t35-/m0/s1. The van der Waals surface area contributed by atoms with Crippen LogP contribution in [0.3, 0.4) is 0 Å². The van der Waals surface area contributed by atoms with Crippen molar-refractivity contribution >= 4 is 33.8 Å². The number of nitrogens with one attached hydrogen (secondary N) is 4. The van der Waals surface area contributed by atoms with E-state index in [-0.39, 0.29) is 17.7 Å². The quantitative estimate of drug-likeness (QED) is 0.126. The van der Waals surface area contributed by atoms with Crippen LogP contribution in [0.15, 0.2) is 79.4 Å². The highest BCUT2D eigenvalue weighted by molar-refractivity contribution is 6.01. The first-order valence-electron chi connectivity index (χ1n) is 16.5. The lowest BCUT2D eigenvalue weighted by Crippen LogP contribution is -2.33. The van der Waals surface area contributed by atoms with Crippen LogP contribution in [0.1, 0.15) is 70.8 Å². The minimum atomic E-state index is -0.551. The Morgan fingerprint density at radius 1 is 1.04 bits per heavy atom. The van der Waals surface area contributed by atoms with Crippen LogP contribution in [0.4, 0.5) is 4.79 Å². The van der Waals surface area contributed by atoms with Gasteiger partial charge >= 0.3 is 6.09 Å². The zero-order valence-electron chi connectivity index (χ0n) is 28.1. The molecule has 11 heteroatoms. The van der Waals surface area contributed by atoms with E-state index >= 15 is 0 Å². The lowest BCUT2D eigenvalue weighted by molar-refractivity contribution is 0.0528. The predicted molar refractivity (Wildman–Crippen MR) is 188 cm³/mol. The average Bonchev–Trinajstić information content (AvgIpc) is 3.80. The van der Waals surface area contributed by atoms with Crippen LogP contribution < -0.4 is 16.0 Å². The molecule has 0 fully saturated rings. The van der Waals surface area contributed by atoms with Crippen LogP contribution >= 0.6 is 0 Å². The number of fused-ring (bicyclic) bond motifs is 3. The molecule has 0 radical (unpaired) electrons. The van der Waals surface area contributed by atoms with Gasteiger partial charge in [0, 0.05) is 77.7 Å². The first-order chi connectivity index (χ1) is 23.5. The Balaban J connectivity index is 1.12. The fraction of sp³-hybridized carbons (Fsp3) is 0.289. The summed E-state index contributed by atoms with van der Waals surface area (Å²) in [4.78, 5) is 33.2. The van der Waals surface area contributed by atoms with E-state index < -0.39 is 11.7 Å². The first-order valence-corrected chi connectivity index (χ1v) is 16.5. The number of para-hydroxylation sites is 1. The fourth-order valence-corrected chi connectivity index (χ4v) is 6.72. The largest absolute Gasteiger partial charge is 0.508 e. The van der Waals surface area contributed by atoms with Crippen LogP contribution in [0.25, 0.3) is 21.8 Å². The van der Waals surface area contributed by atoms with E-state index in [4.69, 9.17) is 4.74 Å². The monoisotopic (exact) mass is 659 g/mol. The van der Waals surface area contributed by atoms with Crippen LogP contribution in [0, 0.1) is 0 Å². The molecule has 1 aliphatic rings. The lowest BCUT2D eigenvalue weighted by Gasteiger charge is -2.19. The predicted octanol–water partition coefficient (Wildman–Crippen LogP) is 5.80. The van der Waals surface area contributed by atoms with E-state index in [1.54, 1.807) is 24.5 Å². The van der Waals surface area contributed by atoms with E-state index in [0.29, 0.717) is 38.2 Å². The van der Waals surface area contributed by atoms with Gasteiger partial charge in [0.1, 0.15) is 11.4 Å². The molecular formula is C38H41N7O4. The summed E-state index contributed by atoms with van der Waals surface area (Å²) < 4.78 is 9.57. The van der Waals surface area contributed by atoms with Crippen molar-refractivity contribution in [3.8, 4) is 5.75 Å². The highest BCUT2D eigenvalue weighted by Crippen LogP contribution is 2.38. The number of imidazole rings is 1. The van der Waals surface area contributed by atoms with Gasteiger partial charge in [-0.2, -0.15) is 0 Å². The Morgan fingerprint density at radius 2 is 1.88 bits per heavy atom. The third-order valence-electron chi connectivity index (χ3n) is 8.80. The summed E-state index contributed by atoms with van der Waals surface area (Å²) in [5.74, 6) is -0.0170. The molecular weight excluding hydrogens is 618 g/mol. The molecule has 0 unspecified atom stereocenters. The second-order valence-electron chi connectivity index (χ2n) is 13.7. The Morgan fingerprint density at radius 3 is 2.67 bits per heavy atom. The van der Waals surface area contributed by atoms with E-state index in [0.717, 1.165) is 55.4 Å². The van der Waals surface area contributed by atoms with Crippen LogP contribution in [-0.4, -0.2) is 48.4 Å². The second-order valence-corrected chi connectivity index (χ2v) is 13.7. The zero-order chi connectivity index (χ0) is 34.3. The molecule has 6 aromatic rings. The lowest BCUT2D eigenvalue weighted by atomic mass is 9.95. The van der Waals surface area contributed by atoms with Gasteiger partial charge in [-0.25, -0.2) is 9.78 Å². The number of rotatable bonds is 10. The average molecular weight is 660 g/mol. The van der Waals surface area contributed by atoms with E-state index in [9.17, 15) is 14.7 Å². The van der Waals surface area contributed by atoms with Crippen molar-refractivity contribution in [2.75, 3.05) is 6.54 Å². The molecule has 0 saturated heterocycles. The fourth-order valence-electron chi connectivity index (χ4n) is 6.72. The summed E-state index contributed by atoms with van der Waals surface area (Å²) in [7, 11) is 1.96. The van der Waals surface area contributed by atoms with Crippen molar-refractivity contribution in [1.29, 1.82) is 0 Å². The molecule has 4 heterocycles. The van der Waals surface area contributed by atoms with E-state index in [2.05, 4.69) is 60.9 Å². The van der Waals surface area contributed by atoms with E-state index in [1.165, 1.54) is 0 Å². The normalized spacial score (nSPS) is 14.4. The molecule has 0 spiro atoms. The van der Waals surface area contributed by atoms with Gasteiger partial charge in [0.25, 0.3) is 5.91 Å². The number of phenolic OH excluding ortho intramolecular Hbond substituents is 1. The van der Waals surface area contributed by atoms with Gasteiger partial charge in [-0.05, 0) is 74.2 Å². The van der Waals surface area contributed by atoms with Crippen molar-refractivity contribution in [3.05, 3.63) is 119 Å². The molecule has 0 aliphatic carbocycles. The number of hydrogen-bond donors (Lipinski definition) is 5. The number of carbonyl (C=O) groups is 2. The highest BCUT2D eigenvalue weighted by atomic mass is 16.6. The molecule has 49 heavy (non-hydrogen) atoms. The van der Waals surface area contributed by atoms with Gasteiger partial charge in [0.15, 0.2) is 0 Å². The molecule has 1 aliphatic heterocycles. The topological polar surface area (TPSA) is 138 Å². The van der Waals surface area contributed by atoms with Crippen molar-refractivity contribution in [3.63, 3.8) is 0 Å². The maximum absolute atomic E-state index is 12.9. The number of aryl methyl sites for hydroxylation is 1. The van der Waals surface area contributed by atoms with Crippen molar-refractivity contribution in [2.45, 2.75) is 58.5 Å². The molecule has 2 amide bonds. The van der Waals surface area contributed by atoms with Gasteiger partial charge in [-0.3, -0.25) is 4.79 Å². The zero-order valence-corrected chi connectivity index (χ0v) is 28.1. The Hall–Kier alpha value is -5.55. The smallest absolute Gasteiger partial charge is 0.407 e. The van der Waals surface area contributed by atoms with Crippen LogP contribution in [0.5, 0.6) is 5.75 Å². The summed E-state index contributed by atoms with van der Waals surface area (Å²) >= 11 is 0. The molecule has 7 rings (SSSR count). The summed E-state index contributed by atoms with van der Waals surface area (Å²) in [6.07, 6.45) is 6.21. The number of aromatic amines is 1. The summed E-state index contributed by atoms with van der Waals surface area (Å²) in [5.41, 5.74) is 8.05. The molecule has 0 bridgehead atoms. The van der Waals surface area contributed by atoms with Gasteiger partial charge in [-0.15, -0.1) is 0 Å². The number of aromatic nitrogens is 4. The number of benzene rings is 3. The second kappa shape index (κ2) is 12.8. The number of ether oxygens (including phenoxy) is 1. The minimum absolute atomic E-state index is 0.130. The Bertz CT molecular complexity index is 2190. The van der Waals surface area contributed by atoms with Crippen molar-refractivity contribution in [2.24, 2.45) is 7.05 Å². The Kier molecular flexibility index (Phi) is 8.37. The SMILES string of the molecule is Cn1cnc(Cn2cc(CCNC(=O)OC(C)(C)C)c3ccc(CNCc4[nH]c5ccccc5c4[C@H]4NC(=O)c5ccc(O)cc54)cc32)c1. The summed E-state index contributed by atoms with van der Waals surface area (Å²) in [5, 5.41) is 22.0. The first kappa shape index (κ1) is 32.0. The molecule has 3 aromatic heterocycles. The number of nitrogens with zero attached hydrogens (tertiary/aromatic N) is 3. The number of carbonyl (C=O) groups excluding carboxylic acids is 2. The molecule has 3 aromatic carbocycles. The molecule has 0 saturated carbocycles. The maximum atomic E-state index is 12.9. The maximum Gasteiger partial charge on any atom is 0.407 e. The van der Waals surface area contributed by atoms with Gasteiger partial charge < -0.3 is 39.9 Å². The number of alkyl carbamates (subject to hydrolysis) is 1. The van der Waals surface area contributed by atoms with Gasteiger partial charge in [-0.1, -0.05) is 30.3 Å². The minimum Gasteiger partial charge on any atom is -0.508 e. The molecule has 252 valence electrons. The number of amides is 2. The summed E-state index contributed by atoms with van der Waals surface area (Å²) in [6, 6.07) is 19.1. The van der Waals surface area contributed by atoms with Gasteiger partial charge in [0.05, 0.1) is 24.6 Å². The number of H-pyrrole nitrogens is 1. The summed E-state index contributed by atoms with van der Waals surface area (Å²) in [6.45, 7) is 7.79. The number of hydrogen-bond acceptors (Lipinski definition) is 6. The third-order valence-corrected chi connectivity index (χ3v) is 8.80. The van der Waals surface area contributed by atoms with Gasteiger partial charge in [0.2, 0.25) is 0 Å². The number of phenols is 1. The Labute approximate surface area is 284 Å². The highest BCUT2D eigenvalue weighted by Gasteiger charge is 2.33. The van der Waals surface area contributed by atoms with E-state index in [1.807, 2.05) is 56.8 Å². The number of aromatic hydroxyl groups is 1. The van der Waals surface area contributed by atoms with Crippen molar-refractivity contribution in [1.82, 2.24) is 35.1 Å². The third kappa shape index (κ3) is 6.75. The van der Waals surface area contributed by atoms with Crippen LogP contribution in [0.2, 0.25) is 0 Å². The molecule has 1 atom stereocenters. The van der Waals surface area contributed by atoms with Crippen LogP contribution in [-0.2, 0) is 37.8 Å². The molecule has 11 nitrogen and oxygen atoms in total. The molecule has 5 N–H and O–H groups in total.